The molecular weight excluding hydrogens is 450 g/mol. The van der Waals surface area contributed by atoms with Gasteiger partial charge in [0.1, 0.15) is 5.75 Å². The third-order valence-electron chi connectivity index (χ3n) is 6.43. The molecule has 0 bridgehead atoms. The molecule has 5 nitrogen and oxygen atoms in total. The van der Waals surface area contributed by atoms with Gasteiger partial charge in [-0.2, -0.15) is 0 Å². The van der Waals surface area contributed by atoms with Crippen LogP contribution in [0.1, 0.15) is 117 Å². The summed E-state index contributed by atoms with van der Waals surface area (Å²) in [5.41, 5.74) is 7.12. The average Bonchev–Trinajstić information content (AvgIpc) is 2.87. The molecule has 0 radical (unpaired) electrons. The molecule has 1 unspecified atom stereocenters. The minimum atomic E-state index is -0.863. The summed E-state index contributed by atoms with van der Waals surface area (Å²) < 4.78 is 6.01. The molecule has 3 N–H and O–H groups in total. The molecule has 0 saturated carbocycles. The minimum absolute atomic E-state index is 0.377. The van der Waals surface area contributed by atoms with Crippen LogP contribution < -0.4 is 10.5 Å². The van der Waals surface area contributed by atoms with Crippen molar-refractivity contribution in [2.45, 2.75) is 97.8 Å². The lowest BCUT2D eigenvalue weighted by atomic mass is 9.95. The number of nitrogens with two attached hydrogens (primary N) is 1. The second kappa shape index (κ2) is 19.4. The van der Waals surface area contributed by atoms with E-state index < -0.39 is 11.9 Å². The first-order valence-electron chi connectivity index (χ1n) is 13.7. The van der Waals surface area contributed by atoms with E-state index in [0.29, 0.717) is 29.4 Å². The highest BCUT2D eigenvalue weighted by Crippen LogP contribution is 2.23. The Balaban J connectivity index is 0.000000537. The number of aryl methyl sites for hydroxylation is 1. The lowest BCUT2D eigenvalue weighted by Gasteiger charge is -2.19. The van der Waals surface area contributed by atoms with Crippen molar-refractivity contribution in [1.29, 1.82) is 0 Å². The SMILES string of the molecule is CCCCCCCCC(CCCCCC)COc1ccccc1C(N)=O.Cc1ccccc1C(=O)O. The van der Waals surface area contributed by atoms with Gasteiger partial charge in [0.25, 0.3) is 5.91 Å². The number of benzene rings is 2. The number of carboxylic acids is 1. The predicted molar refractivity (Wildman–Crippen MR) is 149 cm³/mol. The van der Waals surface area contributed by atoms with Crippen molar-refractivity contribution in [2.75, 3.05) is 6.61 Å². The number of ether oxygens (including phenoxy) is 1. The van der Waals surface area contributed by atoms with Crippen molar-refractivity contribution in [3.63, 3.8) is 0 Å². The van der Waals surface area contributed by atoms with E-state index in [1.807, 2.05) is 24.3 Å². The highest BCUT2D eigenvalue weighted by atomic mass is 16.5. The molecule has 1 atom stereocenters. The number of unbranched alkanes of at least 4 members (excludes halogenated alkanes) is 8. The summed E-state index contributed by atoms with van der Waals surface area (Å²) in [6.45, 7) is 6.97. The van der Waals surface area contributed by atoms with Gasteiger partial charge in [-0.3, -0.25) is 4.79 Å². The van der Waals surface area contributed by atoms with E-state index in [-0.39, 0.29) is 0 Å². The maximum absolute atomic E-state index is 11.5. The first kappa shape index (κ1) is 31.2. The van der Waals surface area contributed by atoms with E-state index in [1.54, 1.807) is 31.2 Å². The topological polar surface area (TPSA) is 89.6 Å². The van der Waals surface area contributed by atoms with Gasteiger partial charge < -0.3 is 15.6 Å². The summed E-state index contributed by atoms with van der Waals surface area (Å²) >= 11 is 0. The molecule has 2 rings (SSSR count). The molecule has 0 fully saturated rings. The number of carbonyl (C=O) groups is 2. The third kappa shape index (κ3) is 13.3. The van der Waals surface area contributed by atoms with Gasteiger partial charge in [-0.05, 0) is 49.4 Å². The van der Waals surface area contributed by atoms with E-state index in [1.165, 1.54) is 77.0 Å². The number of carboxylic acid groups (broad SMARTS) is 1. The monoisotopic (exact) mass is 497 g/mol. The molecule has 0 spiro atoms. The Morgan fingerprint density at radius 2 is 1.28 bits per heavy atom. The number of amides is 1. The highest BCUT2D eigenvalue weighted by molar-refractivity contribution is 5.95. The lowest BCUT2D eigenvalue weighted by Crippen LogP contribution is -2.16. The fourth-order valence-corrected chi connectivity index (χ4v) is 4.20. The van der Waals surface area contributed by atoms with Crippen LogP contribution in [0.5, 0.6) is 5.75 Å². The third-order valence-corrected chi connectivity index (χ3v) is 6.43. The van der Waals surface area contributed by atoms with Crippen LogP contribution >= 0.6 is 0 Å². The summed E-state index contributed by atoms with van der Waals surface area (Å²) in [6, 6.07) is 14.2. The molecule has 0 aromatic heterocycles. The molecule has 0 aliphatic heterocycles. The lowest BCUT2D eigenvalue weighted by molar-refractivity contribution is 0.0696. The van der Waals surface area contributed by atoms with E-state index in [4.69, 9.17) is 15.6 Å². The smallest absolute Gasteiger partial charge is 0.335 e. The molecule has 0 aliphatic carbocycles. The van der Waals surface area contributed by atoms with E-state index in [9.17, 15) is 9.59 Å². The van der Waals surface area contributed by atoms with Crippen LogP contribution in [-0.2, 0) is 0 Å². The molecule has 0 saturated heterocycles. The second-order valence-corrected chi connectivity index (χ2v) is 9.56. The summed E-state index contributed by atoms with van der Waals surface area (Å²) in [4.78, 5) is 22.0. The van der Waals surface area contributed by atoms with Gasteiger partial charge in [0.2, 0.25) is 0 Å². The van der Waals surface area contributed by atoms with E-state index >= 15 is 0 Å². The Morgan fingerprint density at radius 1 is 0.778 bits per heavy atom. The zero-order valence-electron chi connectivity index (χ0n) is 22.6. The molecule has 5 heteroatoms. The summed E-state index contributed by atoms with van der Waals surface area (Å²) in [5.74, 6) is -0.0883. The normalized spacial score (nSPS) is 11.3. The fourth-order valence-electron chi connectivity index (χ4n) is 4.20. The van der Waals surface area contributed by atoms with Gasteiger partial charge >= 0.3 is 5.97 Å². The van der Waals surface area contributed by atoms with Crippen LogP contribution in [-0.4, -0.2) is 23.6 Å². The largest absolute Gasteiger partial charge is 0.492 e. The summed E-state index contributed by atoms with van der Waals surface area (Å²) in [5, 5.41) is 8.57. The van der Waals surface area contributed by atoms with Gasteiger partial charge in [0.05, 0.1) is 17.7 Å². The van der Waals surface area contributed by atoms with Crippen LogP contribution in [0.25, 0.3) is 0 Å². The Hall–Kier alpha value is -2.82. The van der Waals surface area contributed by atoms with Crippen LogP contribution in [0, 0.1) is 12.8 Å². The van der Waals surface area contributed by atoms with Gasteiger partial charge in [-0.1, -0.05) is 108 Å². The van der Waals surface area contributed by atoms with Gasteiger partial charge in [0, 0.05) is 0 Å². The van der Waals surface area contributed by atoms with Gasteiger partial charge in [0.15, 0.2) is 0 Å². The number of hydrogen-bond donors (Lipinski definition) is 2. The average molecular weight is 498 g/mol. The zero-order valence-corrected chi connectivity index (χ0v) is 22.6. The molecule has 2 aromatic rings. The Morgan fingerprint density at radius 3 is 1.81 bits per heavy atom. The molecule has 0 heterocycles. The maximum Gasteiger partial charge on any atom is 0.335 e. The predicted octanol–water partition coefficient (Wildman–Crippen LogP) is 8.19. The van der Waals surface area contributed by atoms with Crippen LogP contribution in [0.3, 0.4) is 0 Å². The Kier molecular flexibility index (Phi) is 16.8. The summed E-state index contributed by atoms with van der Waals surface area (Å²) in [6.07, 6.45) is 15.6. The van der Waals surface area contributed by atoms with Gasteiger partial charge in [-0.15, -0.1) is 0 Å². The molecule has 200 valence electrons. The number of rotatable bonds is 17. The number of aromatic carboxylic acids is 1. The van der Waals surface area contributed by atoms with Crippen molar-refractivity contribution in [1.82, 2.24) is 0 Å². The van der Waals surface area contributed by atoms with Crippen LogP contribution in [0.4, 0.5) is 0 Å². The first-order valence-corrected chi connectivity index (χ1v) is 13.7. The minimum Gasteiger partial charge on any atom is -0.492 e. The van der Waals surface area contributed by atoms with Crippen molar-refractivity contribution in [2.24, 2.45) is 11.7 Å². The standard InChI is InChI=1S/C23H39NO2.C8H8O2/c1-3-5-7-9-10-12-16-20(15-11-8-6-4-2)19-26-22-18-14-13-17-21(22)23(24)25;1-6-4-2-3-5-7(6)8(9)10/h13-14,17-18,20H,3-12,15-16,19H2,1-2H3,(H2,24,25);2-5H,1H3,(H,9,10). The van der Waals surface area contributed by atoms with Crippen molar-refractivity contribution in [3.8, 4) is 5.75 Å². The number of hydrogen-bond acceptors (Lipinski definition) is 3. The number of para-hydroxylation sites is 1. The fraction of sp³-hybridized carbons (Fsp3) is 0.548. The van der Waals surface area contributed by atoms with Crippen molar-refractivity contribution >= 4 is 11.9 Å². The van der Waals surface area contributed by atoms with Crippen molar-refractivity contribution < 1.29 is 19.4 Å². The Labute approximate surface area is 218 Å². The first-order chi connectivity index (χ1) is 17.4. The number of primary amides is 1. The second-order valence-electron chi connectivity index (χ2n) is 9.56. The van der Waals surface area contributed by atoms with Crippen LogP contribution in [0.2, 0.25) is 0 Å². The van der Waals surface area contributed by atoms with Crippen LogP contribution in [0.15, 0.2) is 48.5 Å². The molecule has 0 aliphatic rings. The van der Waals surface area contributed by atoms with Gasteiger partial charge in [-0.25, -0.2) is 4.79 Å². The molecule has 2 aromatic carbocycles. The molecular formula is C31H47NO4. The van der Waals surface area contributed by atoms with E-state index in [0.717, 1.165) is 5.56 Å². The Bertz CT molecular complexity index is 880. The van der Waals surface area contributed by atoms with Crippen molar-refractivity contribution in [3.05, 3.63) is 65.2 Å². The molecule has 36 heavy (non-hydrogen) atoms. The zero-order chi connectivity index (χ0) is 26.6. The van der Waals surface area contributed by atoms with E-state index in [2.05, 4.69) is 13.8 Å². The number of carbonyl (C=O) groups excluding carboxylic acids is 1. The summed E-state index contributed by atoms with van der Waals surface area (Å²) in [7, 11) is 0. The highest BCUT2D eigenvalue weighted by Gasteiger charge is 2.13. The maximum atomic E-state index is 11.5. The molecule has 1 amide bonds. The quantitative estimate of drug-likeness (QED) is 0.216.